The summed E-state index contributed by atoms with van der Waals surface area (Å²) in [6.45, 7) is 0. The summed E-state index contributed by atoms with van der Waals surface area (Å²) < 4.78 is 40.0. The molecule has 0 aromatic heterocycles. The molecule has 0 spiro atoms. The van der Waals surface area contributed by atoms with Gasteiger partial charge in [-0.25, -0.2) is 5.84 Å². The number of amidine groups is 1. The van der Waals surface area contributed by atoms with Crippen molar-refractivity contribution in [3.05, 3.63) is 29.8 Å². The van der Waals surface area contributed by atoms with Crippen LogP contribution in [0.1, 0.15) is 31.2 Å². The molecule has 0 unspecified atom stereocenters. The van der Waals surface area contributed by atoms with E-state index in [4.69, 9.17) is 5.84 Å². The molecule has 2 rings (SSSR count). The van der Waals surface area contributed by atoms with Gasteiger partial charge in [-0.2, -0.15) is 0 Å². The predicted octanol–water partition coefficient (Wildman–Crippen LogP) is 2.74. The van der Waals surface area contributed by atoms with Crippen LogP contribution in [0.15, 0.2) is 29.3 Å². The molecule has 1 aromatic carbocycles. The van der Waals surface area contributed by atoms with Crippen LogP contribution < -0.4 is 16.0 Å². The number of alkyl halides is 3. The molecule has 1 saturated carbocycles. The molecule has 0 aliphatic heterocycles. The van der Waals surface area contributed by atoms with Gasteiger partial charge in [0.1, 0.15) is 11.6 Å². The molecule has 0 amide bonds. The number of benzene rings is 1. The maximum atomic E-state index is 12.1. The SMILES string of the molecule is NNC(=NC1CCCC1)c1ccc(OC(F)(F)F)cc1. The Hall–Kier alpha value is -1.76. The van der Waals surface area contributed by atoms with E-state index in [9.17, 15) is 13.2 Å². The van der Waals surface area contributed by atoms with Crippen LogP contribution in [0.5, 0.6) is 5.75 Å². The van der Waals surface area contributed by atoms with Crippen molar-refractivity contribution in [3.8, 4) is 5.75 Å². The fourth-order valence-electron chi connectivity index (χ4n) is 2.23. The molecule has 1 aliphatic carbocycles. The molecular formula is C13H16F3N3O. The summed E-state index contributed by atoms with van der Waals surface area (Å²) >= 11 is 0. The molecule has 110 valence electrons. The second-order valence-electron chi connectivity index (χ2n) is 4.63. The summed E-state index contributed by atoms with van der Waals surface area (Å²) in [5, 5.41) is 0. The van der Waals surface area contributed by atoms with Gasteiger partial charge >= 0.3 is 6.36 Å². The highest BCUT2D eigenvalue weighted by atomic mass is 19.4. The maximum Gasteiger partial charge on any atom is 0.573 e. The van der Waals surface area contributed by atoms with Crippen LogP contribution in [-0.4, -0.2) is 18.2 Å². The third-order valence-electron chi connectivity index (χ3n) is 3.13. The Morgan fingerprint density at radius 3 is 2.30 bits per heavy atom. The first-order valence-electron chi connectivity index (χ1n) is 6.38. The number of nitrogens with two attached hydrogens (primary N) is 1. The summed E-state index contributed by atoms with van der Waals surface area (Å²) in [7, 11) is 0. The van der Waals surface area contributed by atoms with Crippen LogP contribution in [0.2, 0.25) is 0 Å². The molecule has 20 heavy (non-hydrogen) atoms. The van der Waals surface area contributed by atoms with Crippen LogP contribution in [0.4, 0.5) is 13.2 Å². The molecule has 0 atom stereocenters. The fraction of sp³-hybridized carbons (Fsp3) is 0.462. The molecule has 0 saturated heterocycles. The van der Waals surface area contributed by atoms with E-state index in [-0.39, 0.29) is 11.8 Å². The van der Waals surface area contributed by atoms with Crippen molar-refractivity contribution in [2.24, 2.45) is 10.8 Å². The van der Waals surface area contributed by atoms with Crippen molar-refractivity contribution in [1.29, 1.82) is 0 Å². The summed E-state index contributed by atoms with van der Waals surface area (Å²) in [6, 6.07) is 5.70. The smallest absolute Gasteiger partial charge is 0.406 e. The van der Waals surface area contributed by atoms with Crippen LogP contribution in [0, 0.1) is 0 Å². The molecule has 4 nitrogen and oxygen atoms in total. The van der Waals surface area contributed by atoms with Gasteiger partial charge in [-0.3, -0.25) is 4.99 Å². The average Bonchev–Trinajstić information content (AvgIpc) is 2.88. The van der Waals surface area contributed by atoms with Crippen LogP contribution >= 0.6 is 0 Å². The van der Waals surface area contributed by atoms with Gasteiger partial charge in [0, 0.05) is 5.56 Å². The maximum absolute atomic E-state index is 12.1. The van der Waals surface area contributed by atoms with Gasteiger partial charge in [0.15, 0.2) is 0 Å². The predicted molar refractivity (Wildman–Crippen MR) is 69.2 cm³/mol. The first-order chi connectivity index (χ1) is 9.48. The zero-order chi connectivity index (χ0) is 14.6. The van der Waals surface area contributed by atoms with Gasteiger partial charge < -0.3 is 10.2 Å². The number of nitrogens with zero attached hydrogens (tertiary/aromatic N) is 1. The van der Waals surface area contributed by atoms with Crippen LogP contribution in [-0.2, 0) is 0 Å². The third kappa shape index (κ3) is 4.12. The second-order valence-corrected chi connectivity index (χ2v) is 4.63. The van der Waals surface area contributed by atoms with Crippen LogP contribution in [0.25, 0.3) is 0 Å². The van der Waals surface area contributed by atoms with Crippen molar-refractivity contribution in [2.45, 2.75) is 38.1 Å². The standard InChI is InChI=1S/C13H16F3N3O/c14-13(15,16)20-11-7-5-9(6-8-11)12(19-17)18-10-3-1-2-4-10/h5-8,10H,1-4,17H2,(H,18,19). The number of aliphatic imine (C=N–C) groups is 1. The van der Waals surface area contributed by atoms with E-state index in [1.54, 1.807) is 0 Å². The van der Waals surface area contributed by atoms with Crippen molar-refractivity contribution < 1.29 is 17.9 Å². The number of hydrogen-bond donors (Lipinski definition) is 2. The Morgan fingerprint density at radius 1 is 1.20 bits per heavy atom. The second kappa shape index (κ2) is 6.13. The largest absolute Gasteiger partial charge is 0.573 e. The van der Waals surface area contributed by atoms with Gasteiger partial charge in [0.05, 0.1) is 6.04 Å². The zero-order valence-corrected chi connectivity index (χ0v) is 10.8. The summed E-state index contributed by atoms with van der Waals surface area (Å²) in [5.74, 6) is 5.65. The lowest BCUT2D eigenvalue weighted by Gasteiger charge is -2.11. The monoisotopic (exact) mass is 287 g/mol. The molecule has 0 heterocycles. The quantitative estimate of drug-likeness (QED) is 0.389. The molecule has 1 fully saturated rings. The lowest BCUT2D eigenvalue weighted by atomic mass is 10.2. The minimum Gasteiger partial charge on any atom is -0.406 e. The molecule has 3 N–H and O–H groups in total. The average molecular weight is 287 g/mol. The van der Waals surface area contributed by atoms with Gasteiger partial charge in [0.2, 0.25) is 0 Å². The van der Waals surface area contributed by atoms with Gasteiger partial charge in [0.25, 0.3) is 0 Å². The lowest BCUT2D eigenvalue weighted by Crippen LogP contribution is -2.32. The molecule has 1 aliphatic rings. The first-order valence-corrected chi connectivity index (χ1v) is 6.38. The highest BCUT2D eigenvalue weighted by molar-refractivity contribution is 5.98. The molecule has 1 aromatic rings. The highest BCUT2D eigenvalue weighted by Gasteiger charge is 2.31. The van der Waals surface area contributed by atoms with Crippen LogP contribution in [0.3, 0.4) is 0 Å². The Balaban J connectivity index is 2.10. The van der Waals surface area contributed by atoms with E-state index in [0.29, 0.717) is 11.4 Å². The summed E-state index contributed by atoms with van der Waals surface area (Å²) in [6.07, 6.45) is -0.371. The van der Waals surface area contributed by atoms with Crippen molar-refractivity contribution >= 4 is 5.84 Å². The normalized spacial score (nSPS) is 17.3. The zero-order valence-electron chi connectivity index (χ0n) is 10.8. The Kier molecular flexibility index (Phi) is 4.49. The van der Waals surface area contributed by atoms with Crippen molar-refractivity contribution in [1.82, 2.24) is 5.43 Å². The van der Waals surface area contributed by atoms with E-state index in [1.165, 1.54) is 24.3 Å². The van der Waals surface area contributed by atoms with Crippen molar-refractivity contribution in [3.63, 3.8) is 0 Å². The van der Waals surface area contributed by atoms with E-state index < -0.39 is 6.36 Å². The molecule has 7 heteroatoms. The Bertz CT molecular complexity index is 465. The van der Waals surface area contributed by atoms with Crippen molar-refractivity contribution in [2.75, 3.05) is 0 Å². The number of rotatable bonds is 3. The third-order valence-corrected chi connectivity index (χ3v) is 3.13. The van der Waals surface area contributed by atoms with E-state index in [0.717, 1.165) is 25.7 Å². The number of hydrazine groups is 1. The fourth-order valence-corrected chi connectivity index (χ4v) is 2.23. The number of halogens is 3. The van der Waals surface area contributed by atoms with E-state index in [2.05, 4.69) is 15.2 Å². The van der Waals surface area contributed by atoms with Gasteiger partial charge in [-0.05, 0) is 37.1 Å². The topological polar surface area (TPSA) is 59.6 Å². The molecule has 0 radical (unpaired) electrons. The summed E-state index contributed by atoms with van der Waals surface area (Å²) in [4.78, 5) is 4.49. The molecular weight excluding hydrogens is 271 g/mol. The Labute approximate surface area is 114 Å². The lowest BCUT2D eigenvalue weighted by molar-refractivity contribution is -0.274. The molecule has 0 bridgehead atoms. The number of ether oxygens (including phenoxy) is 1. The van der Waals surface area contributed by atoms with E-state index in [1.807, 2.05) is 0 Å². The minimum absolute atomic E-state index is 0.229. The highest BCUT2D eigenvalue weighted by Crippen LogP contribution is 2.24. The summed E-state index contributed by atoms with van der Waals surface area (Å²) in [5.41, 5.74) is 3.13. The number of nitrogens with one attached hydrogen (secondary N) is 1. The van der Waals surface area contributed by atoms with Gasteiger partial charge in [-0.1, -0.05) is 12.8 Å². The Morgan fingerprint density at radius 2 is 1.80 bits per heavy atom. The minimum atomic E-state index is -4.69. The number of hydrogen-bond acceptors (Lipinski definition) is 3. The van der Waals surface area contributed by atoms with E-state index >= 15 is 0 Å². The van der Waals surface area contributed by atoms with Gasteiger partial charge in [-0.15, -0.1) is 13.2 Å². The first kappa shape index (κ1) is 14.6.